The Labute approximate surface area is 223 Å². The first kappa shape index (κ1) is 27.3. The molecule has 9 heteroatoms. The van der Waals surface area contributed by atoms with Crippen molar-refractivity contribution in [1.29, 1.82) is 0 Å². The number of aryl methyl sites for hydroxylation is 2. The third-order valence-corrected chi connectivity index (χ3v) is 7.49. The van der Waals surface area contributed by atoms with Gasteiger partial charge < -0.3 is 21.4 Å². The molecule has 2 amide bonds. The SMILES string of the molecule is CCN1CCCC1CNC(=O)CCCc1ccc(Cc2ccc3c(=O)c(C(N)=O)c(N)n(CC)c3n2)cc1. The van der Waals surface area contributed by atoms with Gasteiger partial charge in [0.15, 0.2) is 0 Å². The summed E-state index contributed by atoms with van der Waals surface area (Å²) >= 11 is 0. The number of likely N-dealkylation sites (N-methyl/N-ethyl adjacent to an activating group) is 1. The summed E-state index contributed by atoms with van der Waals surface area (Å²) in [5.74, 6) is -0.670. The lowest BCUT2D eigenvalue weighted by Crippen LogP contribution is -2.39. The standard InChI is InChI=1S/C29H38N6O3/c1-3-34-16-6-8-22(34)18-32-24(36)9-5-7-19-10-12-20(13-11-19)17-21-14-15-23-26(37)25(28(31)38)27(30)35(4-2)29(23)33-21/h10-15,22H,3-9,16-18,30H2,1-2H3,(H2,31,38)(H,32,36). The van der Waals surface area contributed by atoms with Gasteiger partial charge in [-0.2, -0.15) is 0 Å². The fourth-order valence-electron chi connectivity index (χ4n) is 5.38. The van der Waals surface area contributed by atoms with Crippen LogP contribution >= 0.6 is 0 Å². The second kappa shape index (κ2) is 12.2. The number of carbonyl (C=O) groups is 2. The van der Waals surface area contributed by atoms with Crippen LogP contribution in [0, 0.1) is 0 Å². The van der Waals surface area contributed by atoms with Gasteiger partial charge in [0, 0.05) is 37.7 Å². The van der Waals surface area contributed by atoms with E-state index in [2.05, 4.69) is 41.4 Å². The van der Waals surface area contributed by atoms with Gasteiger partial charge in [-0.3, -0.25) is 19.3 Å². The molecule has 38 heavy (non-hydrogen) atoms. The molecule has 0 radical (unpaired) electrons. The molecular formula is C29H38N6O3. The number of nitrogens with zero attached hydrogens (tertiary/aromatic N) is 3. The molecule has 1 aromatic carbocycles. The highest BCUT2D eigenvalue weighted by molar-refractivity contribution is 6.00. The lowest BCUT2D eigenvalue weighted by Gasteiger charge is -2.22. The van der Waals surface area contributed by atoms with Gasteiger partial charge in [0.25, 0.3) is 5.91 Å². The van der Waals surface area contributed by atoms with Crippen LogP contribution in [-0.2, 0) is 24.2 Å². The average Bonchev–Trinajstić information content (AvgIpc) is 3.36. The number of hydrogen-bond acceptors (Lipinski definition) is 6. The van der Waals surface area contributed by atoms with Crippen molar-refractivity contribution in [2.45, 2.75) is 65.0 Å². The first-order chi connectivity index (χ1) is 18.3. The number of primary amides is 1. The average molecular weight is 519 g/mol. The van der Waals surface area contributed by atoms with Gasteiger partial charge in [-0.15, -0.1) is 0 Å². The van der Waals surface area contributed by atoms with Crippen LogP contribution in [0.1, 0.15) is 66.7 Å². The molecule has 4 rings (SSSR count). The van der Waals surface area contributed by atoms with E-state index < -0.39 is 11.3 Å². The summed E-state index contributed by atoms with van der Waals surface area (Å²) in [6.45, 7) is 7.42. The van der Waals surface area contributed by atoms with Crippen molar-refractivity contribution in [2.24, 2.45) is 5.73 Å². The summed E-state index contributed by atoms with van der Waals surface area (Å²) in [6, 6.07) is 12.3. The number of rotatable bonds is 11. The highest BCUT2D eigenvalue weighted by Crippen LogP contribution is 2.19. The number of anilines is 1. The monoisotopic (exact) mass is 518 g/mol. The Kier molecular flexibility index (Phi) is 8.78. The molecule has 202 valence electrons. The lowest BCUT2D eigenvalue weighted by molar-refractivity contribution is -0.121. The predicted molar refractivity (Wildman–Crippen MR) is 150 cm³/mol. The molecule has 5 N–H and O–H groups in total. The summed E-state index contributed by atoms with van der Waals surface area (Å²) in [4.78, 5) is 43.9. The lowest BCUT2D eigenvalue weighted by atomic mass is 10.0. The summed E-state index contributed by atoms with van der Waals surface area (Å²) in [7, 11) is 0. The number of nitrogens with two attached hydrogens (primary N) is 2. The summed E-state index contributed by atoms with van der Waals surface area (Å²) in [5, 5.41) is 3.43. The number of hydrogen-bond donors (Lipinski definition) is 3. The van der Waals surface area contributed by atoms with Crippen molar-refractivity contribution >= 4 is 28.7 Å². The molecule has 3 heterocycles. The number of likely N-dealkylation sites (tertiary alicyclic amines) is 1. The molecule has 0 aliphatic carbocycles. The zero-order valence-corrected chi connectivity index (χ0v) is 22.3. The van der Waals surface area contributed by atoms with Crippen LogP contribution in [-0.4, -0.2) is 51.9 Å². The van der Waals surface area contributed by atoms with Crippen molar-refractivity contribution in [3.05, 3.63) is 69.0 Å². The number of nitrogens with one attached hydrogen (secondary N) is 1. The van der Waals surface area contributed by atoms with E-state index in [1.54, 1.807) is 16.7 Å². The van der Waals surface area contributed by atoms with Crippen LogP contribution in [0.5, 0.6) is 0 Å². The predicted octanol–water partition coefficient (Wildman–Crippen LogP) is 2.61. The maximum absolute atomic E-state index is 12.8. The maximum Gasteiger partial charge on any atom is 0.256 e. The number of aromatic nitrogens is 2. The number of carbonyl (C=O) groups excluding carboxylic acids is 2. The summed E-state index contributed by atoms with van der Waals surface area (Å²) in [5.41, 5.74) is 14.3. The van der Waals surface area contributed by atoms with Gasteiger partial charge in [0.2, 0.25) is 11.3 Å². The zero-order chi connectivity index (χ0) is 27.2. The van der Waals surface area contributed by atoms with E-state index in [4.69, 9.17) is 16.5 Å². The van der Waals surface area contributed by atoms with E-state index in [0.717, 1.165) is 50.2 Å². The van der Waals surface area contributed by atoms with Gasteiger partial charge in [-0.1, -0.05) is 31.2 Å². The van der Waals surface area contributed by atoms with Crippen molar-refractivity contribution in [2.75, 3.05) is 25.4 Å². The van der Waals surface area contributed by atoms with Crippen LogP contribution in [0.2, 0.25) is 0 Å². The van der Waals surface area contributed by atoms with Crippen molar-refractivity contribution in [1.82, 2.24) is 19.8 Å². The zero-order valence-electron chi connectivity index (χ0n) is 22.3. The van der Waals surface area contributed by atoms with Gasteiger partial charge >= 0.3 is 0 Å². The highest BCUT2D eigenvalue weighted by atomic mass is 16.2. The van der Waals surface area contributed by atoms with Crippen LogP contribution < -0.4 is 22.2 Å². The maximum atomic E-state index is 12.8. The Balaban J connectivity index is 1.34. The van der Waals surface area contributed by atoms with Crippen LogP contribution in [0.4, 0.5) is 5.82 Å². The largest absolute Gasteiger partial charge is 0.384 e. The molecule has 1 atom stereocenters. The van der Waals surface area contributed by atoms with E-state index >= 15 is 0 Å². The molecule has 0 saturated carbocycles. The topological polar surface area (TPSA) is 136 Å². The second-order valence-corrected chi connectivity index (χ2v) is 9.95. The minimum atomic E-state index is -0.839. The van der Waals surface area contributed by atoms with E-state index in [-0.39, 0.29) is 17.3 Å². The highest BCUT2D eigenvalue weighted by Gasteiger charge is 2.23. The third kappa shape index (κ3) is 6.05. The van der Waals surface area contributed by atoms with Gasteiger partial charge in [0.1, 0.15) is 17.0 Å². The van der Waals surface area contributed by atoms with Gasteiger partial charge in [-0.25, -0.2) is 4.98 Å². The fourth-order valence-corrected chi connectivity index (χ4v) is 5.38. The van der Waals surface area contributed by atoms with Crippen LogP contribution in [0.15, 0.2) is 41.2 Å². The Morgan fingerprint density at radius 1 is 1.08 bits per heavy atom. The Hall–Kier alpha value is -3.72. The molecule has 3 aromatic rings. The van der Waals surface area contributed by atoms with E-state index in [1.165, 1.54) is 12.0 Å². The molecular weight excluding hydrogens is 480 g/mol. The quantitative estimate of drug-likeness (QED) is 0.357. The van der Waals surface area contributed by atoms with Crippen LogP contribution in [0.25, 0.3) is 11.0 Å². The van der Waals surface area contributed by atoms with Gasteiger partial charge in [-0.05, 0) is 69.0 Å². The molecule has 0 bridgehead atoms. The first-order valence-corrected chi connectivity index (χ1v) is 13.5. The molecule has 2 aromatic heterocycles. The number of nitrogen functional groups attached to an aromatic ring is 1. The number of fused-ring (bicyclic) bond motifs is 1. The molecule has 1 aliphatic rings. The number of pyridine rings is 2. The first-order valence-electron chi connectivity index (χ1n) is 13.5. The summed E-state index contributed by atoms with van der Waals surface area (Å²) in [6.07, 6.45) is 5.15. The van der Waals surface area contributed by atoms with Gasteiger partial charge in [0.05, 0.1) is 5.39 Å². The van der Waals surface area contributed by atoms with E-state index in [0.29, 0.717) is 36.5 Å². The number of amides is 2. The van der Waals surface area contributed by atoms with Crippen molar-refractivity contribution in [3.63, 3.8) is 0 Å². The molecule has 1 fully saturated rings. The van der Waals surface area contributed by atoms with Crippen molar-refractivity contribution in [3.8, 4) is 0 Å². The fraction of sp³-hybridized carbons (Fsp3) is 0.448. The molecule has 9 nitrogen and oxygen atoms in total. The Morgan fingerprint density at radius 3 is 2.50 bits per heavy atom. The van der Waals surface area contributed by atoms with Crippen LogP contribution in [0.3, 0.4) is 0 Å². The Bertz CT molecular complexity index is 1370. The van der Waals surface area contributed by atoms with Crippen molar-refractivity contribution < 1.29 is 9.59 Å². The van der Waals surface area contributed by atoms with E-state index in [9.17, 15) is 14.4 Å². The minimum absolute atomic E-state index is 0.0432. The molecule has 1 aliphatic heterocycles. The minimum Gasteiger partial charge on any atom is -0.384 e. The summed E-state index contributed by atoms with van der Waals surface area (Å²) < 4.78 is 1.65. The molecule has 0 spiro atoms. The Morgan fingerprint density at radius 2 is 1.82 bits per heavy atom. The molecule has 1 unspecified atom stereocenters. The molecule has 1 saturated heterocycles. The number of benzene rings is 1. The third-order valence-electron chi connectivity index (χ3n) is 7.49. The smallest absolute Gasteiger partial charge is 0.256 e. The van der Waals surface area contributed by atoms with E-state index in [1.807, 2.05) is 6.92 Å². The normalized spacial score (nSPS) is 15.7. The second-order valence-electron chi connectivity index (χ2n) is 9.95.